The number of hydrogen-bond acceptors (Lipinski definition) is 5. The predicted octanol–water partition coefficient (Wildman–Crippen LogP) is 3.55. The van der Waals surface area contributed by atoms with Crippen LogP contribution in [0.2, 0.25) is 0 Å². The molecule has 5 nitrogen and oxygen atoms in total. The number of carbonyl (C=O) groups excluding carboxylic acids is 1. The number of aliphatic carboxylic acids is 1. The van der Waals surface area contributed by atoms with E-state index in [1.165, 1.54) is 0 Å². The summed E-state index contributed by atoms with van der Waals surface area (Å²) in [5.41, 5.74) is 1.77. The molecule has 0 atom stereocenters. The number of thiocarbonyl (C=S) groups is 1. The van der Waals surface area contributed by atoms with Crippen LogP contribution in [0.25, 0.3) is 6.08 Å². The highest BCUT2D eigenvalue weighted by Gasteiger charge is 2.33. The Hall–Kier alpha value is -2.64. The van der Waals surface area contributed by atoms with Crippen LogP contribution < -0.4 is 4.74 Å². The van der Waals surface area contributed by atoms with Crippen molar-refractivity contribution < 1.29 is 19.4 Å². The van der Waals surface area contributed by atoms with Crippen LogP contribution in [0.5, 0.6) is 5.75 Å². The van der Waals surface area contributed by atoms with Gasteiger partial charge in [0.05, 0.1) is 4.91 Å². The zero-order valence-corrected chi connectivity index (χ0v) is 15.3. The summed E-state index contributed by atoms with van der Waals surface area (Å²) >= 11 is 6.20. The van der Waals surface area contributed by atoms with Crippen molar-refractivity contribution >= 4 is 46.3 Å². The maximum Gasteiger partial charge on any atom is 0.323 e. The van der Waals surface area contributed by atoms with Crippen molar-refractivity contribution in [3.63, 3.8) is 0 Å². The molecule has 1 saturated heterocycles. The average Bonchev–Trinajstić information content (AvgIpc) is 2.89. The first kappa shape index (κ1) is 18.2. The highest BCUT2D eigenvalue weighted by atomic mass is 32.2. The molecule has 0 radical (unpaired) electrons. The third-order valence-electron chi connectivity index (χ3n) is 3.61. The maximum atomic E-state index is 12.4. The minimum atomic E-state index is -1.10. The van der Waals surface area contributed by atoms with Gasteiger partial charge >= 0.3 is 5.97 Å². The molecule has 1 fully saturated rings. The first-order valence-corrected chi connectivity index (χ1v) is 9.00. The molecule has 1 amide bonds. The summed E-state index contributed by atoms with van der Waals surface area (Å²) < 4.78 is 6.12. The Labute approximate surface area is 160 Å². The van der Waals surface area contributed by atoms with Crippen molar-refractivity contribution in [3.05, 3.63) is 70.6 Å². The van der Waals surface area contributed by atoms with Crippen molar-refractivity contribution in [1.29, 1.82) is 0 Å². The average molecular weight is 385 g/mol. The van der Waals surface area contributed by atoms with Gasteiger partial charge in [0.2, 0.25) is 0 Å². The number of rotatable bonds is 6. The molecule has 1 aliphatic rings. The topological polar surface area (TPSA) is 66.8 Å². The molecule has 0 saturated carbocycles. The number of benzene rings is 2. The maximum absolute atomic E-state index is 12.4. The molecule has 1 aliphatic heterocycles. The number of amides is 1. The third-order valence-corrected chi connectivity index (χ3v) is 4.99. The van der Waals surface area contributed by atoms with Gasteiger partial charge in [0.15, 0.2) is 0 Å². The van der Waals surface area contributed by atoms with Gasteiger partial charge in [-0.25, -0.2) is 0 Å². The monoisotopic (exact) mass is 385 g/mol. The van der Waals surface area contributed by atoms with Crippen LogP contribution in [0.15, 0.2) is 59.5 Å². The smallest absolute Gasteiger partial charge is 0.323 e. The lowest BCUT2D eigenvalue weighted by Crippen LogP contribution is -2.33. The van der Waals surface area contributed by atoms with E-state index in [9.17, 15) is 9.59 Å². The molecule has 0 unspecified atom stereocenters. The lowest BCUT2D eigenvalue weighted by Gasteiger charge is -2.11. The molecule has 0 spiro atoms. The van der Waals surface area contributed by atoms with Crippen LogP contribution in [0.4, 0.5) is 0 Å². The fraction of sp³-hybridized carbons (Fsp3) is 0.105. The molecule has 7 heteroatoms. The minimum absolute atomic E-state index is 0.242. The molecule has 2 aromatic rings. The van der Waals surface area contributed by atoms with E-state index in [1.54, 1.807) is 6.08 Å². The number of thioether (sulfide) groups is 1. The Morgan fingerprint density at radius 3 is 2.58 bits per heavy atom. The summed E-state index contributed by atoms with van der Waals surface area (Å²) in [6.45, 7) is -0.0279. The summed E-state index contributed by atoms with van der Waals surface area (Å²) in [5.74, 6) is -0.866. The molecule has 26 heavy (non-hydrogen) atoms. The molecular weight excluding hydrogens is 370 g/mol. The molecule has 132 valence electrons. The van der Waals surface area contributed by atoms with E-state index in [4.69, 9.17) is 22.1 Å². The first-order valence-electron chi connectivity index (χ1n) is 7.77. The molecule has 3 rings (SSSR count). The Kier molecular flexibility index (Phi) is 5.70. The van der Waals surface area contributed by atoms with E-state index in [0.29, 0.717) is 17.3 Å². The first-order chi connectivity index (χ1) is 12.5. The van der Waals surface area contributed by atoms with Gasteiger partial charge < -0.3 is 9.84 Å². The van der Waals surface area contributed by atoms with Crippen molar-refractivity contribution in [3.8, 4) is 5.75 Å². The van der Waals surface area contributed by atoms with Crippen molar-refractivity contribution in [2.75, 3.05) is 6.54 Å². The third kappa shape index (κ3) is 4.30. The summed E-state index contributed by atoms with van der Waals surface area (Å²) in [5, 5.41) is 8.91. The second-order valence-corrected chi connectivity index (χ2v) is 7.15. The molecule has 0 aliphatic carbocycles. The molecule has 1 heterocycles. The number of carboxylic acid groups (broad SMARTS) is 1. The van der Waals surface area contributed by atoms with Crippen LogP contribution in [0, 0.1) is 0 Å². The standard InChI is InChI=1S/C19H15NO4S2/c21-17(22)11-20-18(23)16(26-19(20)25)10-14-8-4-5-9-15(14)24-12-13-6-2-1-3-7-13/h1-10H,11-12H2,(H,21,22)/b16-10+. The van der Waals surface area contributed by atoms with Gasteiger partial charge in [-0.3, -0.25) is 14.5 Å². The number of ether oxygens (including phenoxy) is 1. The van der Waals surface area contributed by atoms with E-state index < -0.39 is 18.4 Å². The van der Waals surface area contributed by atoms with Crippen LogP contribution in [0.1, 0.15) is 11.1 Å². The molecule has 0 aromatic heterocycles. The zero-order chi connectivity index (χ0) is 18.5. The number of nitrogens with zero attached hydrogens (tertiary/aromatic N) is 1. The van der Waals surface area contributed by atoms with Gasteiger partial charge in [-0.15, -0.1) is 0 Å². The Bertz CT molecular complexity index is 880. The van der Waals surface area contributed by atoms with Crippen molar-refractivity contribution in [2.45, 2.75) is 6.61 Å². The Morgan fingerprint density at radius 1 is 1.15 bits per heavy atom. The normalized spacial score (nSPS) is 15.5. The van der Waals surface area contributed by atoms with Crippen LogP contribution in [0.3, 0.4) is 0 Å². The molecule has 2 aromatic carbocycles. The van der Waals surface area contributed by atoms with Gasteiger partial charge in [-0.05, 0) is 17.7 Å². The van der Waals surface area contributed by atoms with Crippen LogP contribution in [-0.4, -0.2) is 32.7 Å². The second kappa shape index (κ2) is 8.16. The summed E-state index contributed by atoms with van der Waals surface area (Å²) in [4.78, 5) is 24.7. The molecular formula is C19H15NO4S2. The quantitative estimate of drug-likeness (QED) is 0.606. The zero-order valence-electron chi connectivity index (χ0n) is 13.6. The fourth-order valence-electron chi connectivity index (χ4n) is 2.38. The SMILES string of the molecule is O=C(O)CN1C(=O)/C(=C\c2ccccc2OCc2ccccc2)SC1=S. The number of para-hydroxylation sites is 1. The second-order valence-electron chi connectivity index (χ2n) is 5.47. The van der Waals surface area contributed by atoms with Gasteiger partial charge in [-0.1, -0.05) is 72.5 Å². The Balaban J connectivity index is 1.79. The van der Waals surface area contributed by atoms with E-state index in [0.717, 1.165) is 27.8 Å². The summed E-state index contributed by atoms with van der Waals surface area (Å²) in [7, 11) is 0. The van der Waals surface area contributed by atoms with Crippen molar-refractivity contribution in [1.82, 2.24) is 4.90 Å². The van der Waals surface area contributed by atoms with Gasteiger partial charge in [0.1, 0.15) is 23.2 Å². The highest BCUT2D eigenvalue weighted by molar-refractivity contribution is 8.26. The largest absolute Gasteiger partial charge is 0.488 e. The van der Waals surface area contributed by atoms with Crippen molar-refractivity contribution in [2.24, 2.45) is 0 Å². The lowest BCUT2D eigenvalue weighted by molar-refractivity contribution is -0.140. The fourth-order valence-corrected chi connectivity index (χ4v) is 3.63. The number of hydrogen-bond donors (Lipinski definition) is 1. The van der Waals surface area contributed by atoms with Crippen LogP contribution in [-0.2, 0) is 16.2 Å². The van der Waals surface area contributed by atoms with Gasteiger partial charge in [0.25, 0.3) is 5.91 Å². The minimum Gasteiger partial charge on any atom is -0.488 e. The van der Waals surface area contributed by atoms with E-state index in [-0.39, 0.29) is 4.32 Å². The summed E-state index contributed by atoms with van der Waals surface area (Å²) in [6.07, 6.45) is 1.68. The van der Waals surface area contributed by atoms with E-state index >= 15 is 0 Å². The number of carbonyl (C=O) groups is 2. The lowest BCUT2D eigenvalue weighted by atomic mass is 10.1. The predicted molar refractivity (Wildman–Crippen MR) is 105 cm³/mol. The van der Waals surface area contributed by atoms with Gasteiger partial charge in [0, 0.05) is 5.56 Å². The number of carboxylic acids is 1. The highest BCUT2D eigenvalue weighted by Crippen LogP contribution is 2.34. The van der Waals surface area contributed by atoms with E-state index in [1.807, 2.05) is 54.6 Å². The Morgan fingerprint density at radius 2 is 1.85 bits per heavy atom. The molecule has 0 bridgehead atoms. The summed E-state index contributed by atoms with van der Waals surface area (Å²) in [6, 6.07) is 17.1. The van der Waals surface area contributed by atoms with Gasteiger partial charge in [-0.2, -0.15) is 0 Å². The molecule has 1 N–H and O–H groups in total. The van der Waals surface area contributed by atoms with E-state index in [2.05, 4.69) is 0 Å². The van der Waals surface area contributed by atoms with Crippen LogP contribution >= 0.6 is 24.0 Å².